The zero-order valence-corrected chi connectivity index (χ0v) is 8.07. The Kier molecular flexibility index (Phi) is 2.26. The Balaban J connectivity index is 1.98. The summed E-state index contributed by atoms with van der Waals surface area (Å²) in [5.74, 6) is 0.272. The molecule has 1 unspecified atom stereocenters. The standard InChI is InChI=1S/C9H17N3O/c1-11-4-3-8(9(11)13)12-5-2-7(10)6-12/h7-8H,2-6,10H2,1H3/t7-,8?/m1/s1. The summed E-state index contributed by atoms with van der Waals surface area (Å²) in [5.41, 5.74) is 5.81. The van der Waals surface area contributed by atoms with Crippen LogP contribution in [0, 0.1) is 0 Å². The molecule has 2 aliphatic heterocycles. The summed E-state index contributed by atoms with van der Waals surface area (Å²) in [7, 11) is 1.87. The van der Waals surface area contributed by atoms with Gasteiger partial charge in [-0.05, 0) is 12.8 Å². The maximum atomic E-state index is 11.6. The Morgan fingerprint density at radius 2 is 2.15 bits per heavy atom. The normalized spacial score (nSPS) is 36.2. The second-order valence-electron chi connectivity index (χ2n) is 4.11. The molecule has 2 aliphatic rings. The number of rotatable bonds is 1. The maximum absolute atomic E-state index is 11.6. The van der Waals surface area contributed by atoms with Crippen LogP contribution in [-0.4, -0.2) is 54.5 Å². The first-order chi connectivity index (χ1) is 6.18. The average Bonchev–Trinajstić information content (AvgIpc) is 2.62. The molecule has 2 heterocycles. The van der Waals surface area contributed by atoms with Gasteiger partial charge >= 0.3 is 0 Å². The van der Waals surface area contributed by atoms with Crippen molar-refractivity contribution in [1.82, 2.24) is 9.80 Å². The van der Waals surface area contributed by atoms with E-state index in [1.807, 2.05) is 11.9 Å². The van der Waals surface area contributed by atoms with Crippen molar-refractivity contribution < 1.29 is 4.79 Å². The summed E-state index contributed by atoms with van der Waals surface area (Å²) in [6, 6.07) is 0.400. The topological polar surface area (TPSA) is 49.6 Å². The van der Waals surface area contributed by atoms with Crippen molar-refractivity contribution in [3.8, 4) is 0 Å². The van der Waals surface area contributed by atoms with Gasteiger partial charge in [0.2, 0.25) is 5.91 Å². The third-order valence-corrected chi connectivity index (χ3v) is 3.10. The van der Waals surface area contributed by atoms with Crippen molar-refractivity contribution in [3.05, 3.63) is 0 Å². The number of amides is 1. The molecule has 0 bridgehead atoms. The minimum absolute atomic E-state index is 0.124. The number of carbonyl (C=O) groups excluding carboxylic acids is 1. The van der Waals surface area contributed by atoms with Gasteiger partial charge in [-0.1, -0.05) is 0 Å². The average molecular weight is 183 g/mol. The predicted molar refractivity (Wildman–Crippen MR) is 50.2 cm³/mol. The number of carbonyl (C=O) groups is 1. The van der Waals surface area contributed by atoms with Gasteiger partial charge in [0.1, 0.15) is 0 Å². The highest BCUT2D eigenvalue weighted by molar-refractivity contribution is 5.83. The molecular weight excluding hydrogens is 166 g/mol. The van der Waals surface area contributed by atoms with E-state index in [-0.39, 0.29) is 18.0 Å². The van der Waals surface area contributed by atoms with Crippen molar-refractivity contribution in [2.75, 3.05) is 26.7 Å². The van der Waals surface area contributed by atoms with Crippen LogP contribution in [0.4, 0.5) is 0 Å². The van der Waals surface area contributed by atoms with E-state index in [0.717, 1.165) is 32.5 Å². The van der Waals surface area contributed by atoms with Gasteiger partial charge in [-0.3, -0.25) is 9.69 Å². The number of likely N-dealkylation sites (tertiary alicyclic amines) is 2. The fourth-order valence-corrected chi connectivity index (χ4v) is 2.24. The van der Waals surface area contributed by atoms with Crippen LogP contribution in [0.25, 0.3) is 0 Å². The Labute approximate surface area is 78.7 Å². The van der Waals surface area contributed by atoms with Gasteiger partial charge < -0.3 is 10.6 Å². The number of nitrogens with two attached hydrogens (primary N) is 1. The number of likely N-dealkylation sites (N-methyl/N-ethyl adjacent to an activating group) is 1. The van der Waals surface area contributed by atoms with E-state index in [9.17, 15) is 4.79 Å². The van der Waals surface area contributed by atoms with Crippen molar-refractivity contribution in [2.24, 2.45) is 5.73 Å². The molecule has 13 heavy (non-hydrogen) atoms. The minimum Gasteiger partial charge on any atom is -0.344 e. The number of hydrogen-bond donors (Lipinski definition) is 1. The lowest BCUT2D eigenvalue weighted by atomic mass is 10.2. The van der Waals surface area contributed by atoms with Crippen molar-refractivity contribution in [1.29, 1.82) is 0 Å². The van der Waals surface area contributed by atoms with Crippen LogP contribution in [-0.2, 0) is 4.79 Å². The van der Waals surface area contributed by atoms with Crippen LogP contribution in [0.2, 0.25) is 0 Å². The van der Waals surface area contributed by atoms with Crippen molar-refractivity contribution >= 4 is 5.91 Å². The molecule has 2 saturated heterocycles. The summed E-state index contributed by atoms with van der Waals surface area (Å²) >= 11 is 0. The molecule has 0 spiro atoms. The van der Waals surface area contributed by atoms with Crippen LogP contribution in [0.5, 0.6) is 0 Å². The first-order valence-corrected chi connectivity index (χ1v) is 4.93. The molecule has 74 valence electrons. The van der Waals surface area contributed by atoms with Crippen LogP contribution >= 0.6 is 0 Å². The second kappa shape index (κ2) is 3.27. The monoisotopic (exact) mass is 183 g/mol. The first kappa shape index (κ1) is 8.97. The predicted octanol–water partition coefficient (Wildman–Crippen LogP) is -0.750. The molecule has 2 rings (SSSR count). The van der Waals surface area contributed by atoms with Gasteiger partial charge in [-0.2, -0.15) is 0 Å². The highest BCUT2D eigenvalue weighted by atomic mass is 16.2. The Hall–Kier alpha value is -0.610. The molecule has 0 aromatic heterocycles. The molecule has 2 fully saturated rings. The van der Waals surface area contributed by atoms with Crippen LogP contribution in [0.15, 0.2) is 0 Å². The second-order valence-corrected chi connectivity index (χ2v) is 4.11. The molecular formula is C9H17N3O. The van der Waals surface area contributed by atoms with Gasteiger partial charge in [0.15, 0.2) is 0 Å². The molecule has 0 saturated carbocycles. The van der Waals surface area contributed by atoms with Crippen LogP contribution in [0.3, 0.4) is 0 Å². The molecule has 0 aromatic carbocycles. The quantitative estimate of drug-likeness (QED) is 0.582. The summed E-state index contributed by atoms with van der Waals surface area (Å²) < 4.78 is 0. The van der Waals surface area contributed by atoms with E-state index >= 15 is 0 Å². The van der Waals surface area contributed by atoms with E-state index in [0.29, 0.717) is 0 Å². The third-order valence-electron chi connectivity index (χ3n) is 3.10. The molecule has 1 amide bonds. The molecule has 4 nitrogen and oxygen atoms in total. The Morgan fingerprint density at radius 3 is 2.62 bits per heavy atom. The lowest BCUT2D eigenvalue weighted by Gasteiger charge is -2.21. The molecule has 2 N–H and O–H groups in total. The van der Waals surface area contributed by atoms with Gasteiger partial charge in [-0.15, -0.1) is 0 Å². The lowest BCUT2D eigenvalue weighted by Crippen LogP contribution is -2.40. The fourth-order valence-electron chi connectivity index (χ4n) is 2.24. The van der Waals surface area contributed by atoms with Crippen LogP contribution in [0.1, 0.15) is 12.8 Å². The summed E-state index contributed by atoms with van der Waals surface area (Å²) in [6.45, 7) is 2.78. The van der Waals surface area contributed by atoms with E-state index < -0.39 is 0 Å². The first-order valence-electron chi connectivity index (χ1n) is 4.93. The van der Waals surface area contributed by atoms with Gasteiger partial charge in [0, 0.05) is 32.7 Å². The van der Waals surface area contributed by atoms with Crippen LogP contribution < -0.4 is 5.73 Å². The van der Waals surface area contributed by atoms with E-state index in [1.165, 1.54) is 0 Å². The van der Waals surface area contributed by atoms with Gasteiger partial charge in [0.05, 0.1) is 6.04 Å². The van der Waals surface area contributed by atoms with Gasteiger partial charge in [-0.25, -0.2) is 0 Å². The zero-order valence-electron chi connectivity index (χ0n) is 8.07. The Morgan fingerprint density at radius 1 is 1.38 bits per heavy atom. The number of nitrogens with zero attached hydrogens (tertiary/aromatic N) is 2. The zero-order chi connectivity index (χ0) is 9.42. The molecule has 0 radical (unpaired) electrons. The smallest absolute Gasteiger partial charge is 0.239 e. The molecule has 0 aromatic rings. The molecule has 4 heteroatoms. The summed E-state index contributed by atoms with van der Waals surface area (Å²) in [6.07, 6.45) is 2.01. The maximum Gasteiger partial charge on any atom is 0.239 e. The largest absolute Gasteiger partial charge is 0.344 e. The highest BCUT2D eigenvalue weighted by Crippen LogP contribution is 2.19. The Bertz CT molecular complexity index is 219. The molecule has 2 atom stereocenters. The summed E-state index contributed by atoms with van der Waals surface area (Å²) in [4.78, 5) is 15.7. The van der Waals surface area contributed by atoms with Gasteiger partial charge in [0.25, 0.3) is 0 Å². The highest BCUT2D eigenvalue weighted by Gasteiger charge is 2.36. The molecule has 0 aliphatic carbocycles. The fraction of sp³-hybridized carbons (Fsp3) is 0.889. The minimum atomic E-state index is 0.124. The van der Waals surface area contributed by atoms with Crippen molar-refractivity contribution in [2.45, 2.75) is 24.9 Å². The summed E-state index contributed by atoms with van der Waals surface area (Å²) in [5, 5.41) is 0. The SMILES string of the molecule is CN1CCC(N2CC[C@@H](N)C2)C1=O. The van der Waals surface area contributed by atoms with E-state index in [4.69, 9.17) is 5.73 Å². The lowest BCUT2D eigenvalue weighted by molar-refractivity contribution is -0.130. The van der Waals surface area contributed by atoms with E-state index in [1.54, 1.807) is 0 Å². The van der Waals surface area contributed by atoms with Crippen molar-refractivity contribution in [3.63, 3.8) is 0 Å². The number of hydrogen-bond acceptors (Lipinski definition) is 3. The van der Waals surface area contributed by atoms with E-state index in [2.05, 4.69) is 4.90 Å². The third kappa shape index (κ3) is 1.56.